The zero-order chi connectivity index (χ0) is 20.8. The average molecular weight is 441 g/mol. The molecule has 1 N–H and O–H groups in total. The van der Waals surface area contributed by atoms with Gasteiger partial charge < -0.3 is 8.83 Å². The lowest BCUT2D eigenvalue weighted by Gasteiger charge is -2.18. The third-order valence-corrected chi connectivity index (χ3v) is 6.74. The number of hydrogen-bond donors (Lipinski definition) is 1. The van der Waals surface area contributed by atoms with E-state index in [4.69, 9.17) is 8.83 Å². The van der Waals surface area contributed by atoms with Gasteiger partial charge in [-0.25, -0.2) is 0 Å². The van der Waals surface area contributed by atoms with Crippen molar-refractivity contribution in [1.29, 1.82) is 5.26 Å². The quantitative estimate of drug-likeness (QED) is 0.289. The first-order chi connectivity index (χ1) is 14.7. The lowest BCUT2D eigenvalue weighted by Crippen LogP contribution is -2.13. The second kappa shape index (κ2) is 9.78. The van der Waals surface area contributed by atoms with E-state index in [0.29, 0.717) is 27.7 Å². The summed E-state index contributed by atoms with van der Waals surface area (Å²) in [6.07, 6.45) is 8.96. The molecule has 0 atom stereocenters. The summed E-state index contributed by atoms with van der Waals surface area (Å²) in [4.78, 5) is 12.5. The molecule has 30 heavy (non-hydrogen) atoms. The highest BCUT2D eigenvalue weighted by atomic mass is 32.2. The Labute approximate surface area is 182 Å². The highest BCUT2D eigenvalue weighted by Crippen LogP contribution is 2.35. The lowest BCUT2D eigenvalue weighted by molar-refractivity contribution is -0.112. The van der Waals surface area contributed by atoms with Crippen LogP contribution in [0.3, 0.4) is 0 Å². The number of carbonyl (C=O) groups excluding carboxylic acids is 1. The number of thioether (sulfide) groups is 1. The first-order valence-corrected chi connectivity index (χ1v) is 11.5. The number of rotatable bonds is 7. The van der Waals surface area contributed by atoms with Crippen molar-refractivity contribution in [3.63, 3.8) is 0 Å². The predicted molar refractivity (Wildman–Crippen MR) is 115 cm³/mol. The zero-order valence-corrected chi connectivity index (χ0v) is 17.8. The topological polar surface area (TPSA) is 105 Å². The number of hydrogen-bond acceptors (Lipinski definition) is 8. The van der Waals surface area contributed by atoms with Gasteiger partial charge in [0.05, 0.1) is 12.0 Å². The monoisotopic (exact) mass is 440 g/mol. The van der Waals surface area contributed by atoms with Gasteiger partial charge in [-0.05, 0) is 37.1 Å². The predicted octanol–water partition coefficient (Wildman–Crippen LogP) is 5.61. The number of aromatic nitrogens is 2. The summed E-state index contributed by atoms with van der Waals surface area (Å²) in [5.41, 5.74) is -0.0543. The fourth-order valence-corrected chi connectivity index (χ4v) is 4.96. The van der Waals surface area contributed by atoms with Crippen molar-refractivity contribution in [2.45, 2.75) is 48.9 Å². The number of nitriles is 1. The summed E-state index contributed by atoms with van der Waals surface area (Å²) in [5, 5.41) is 22.4. The van der Waals surface area contributed by atoms with Gasteiger partial charge in [-0.2, -0.15) is 5.26 Å². The maximum absolute atomic E-state index is 12.5. The Morgan fingerprint density at radius 3 is 2.93 bits per heavy atom. The van der Waals surface area contributed by atoms with Gasteiger partial charge >= 0.3 is 0 Å². The second-order valence-corrected chi connectivity index (χ2v) is 8.92. The van der Waals surface area contributed by atoms with Gasteiger partial charge in [0.2, 0.25) is 5.13 Å². The van der Waals surface area contributed by atoms with Crippen LogP contribution in [0.2, 0.25) is 0 Å². The Balaban J connectivity index is 1.37. The minimum atomic E-state index is -0.523. The number of nitrogens with one attached hydrogen (secondary N) is 1. The summed E-state index contributed by atoms with van der Waals surface area (Å²) in [6.45, 7) is 0. The lowest BCUT2D eigenvalue weighted by atomic mass is 9.90. The van der Waals surface area contributed by atoms with Crippen LogP contribution in [0.1, 0.15) is 54.6 Å². The molecule has 1 amide bonds. The van der Waals surface area contributed by atoms with E-state index in [0.717, 1.165) is 23.6 Å². The van der Waals surface area contributed by atoms with Gasteiger partial charge in [-0.3, -0.25) is 10.1 Å². The Hall–Kier alpha value is -2.83. The van der Waals surface area contributed by atoms with Crippen LogP contribution < -0.4 is 5.32 Å². The van der Waals surface area contributed by atoms with Crippen molar-refractivity contribution in [2.24, 2.45) is 0 Å². The Morgan fingerprint density at radius 2 is 2.17 bits per heavy atom. The fourth-order valence-electron chi connectivity index (χ4n) is 3.28. The van der Waals surface area contributed by atoms with Gasteiger partial charge in [0, 0.05) is 12.0 Å². The summed E-state index contributed by atoms with van der Waals surface area (Å²) < 4.78 is 11.0. The molecule has 154 valence electrons. The molecule has 1 fully saturated rings. The smallest absolute Gasteiger partial charge is 0.268 e. The van der Waals surface area contributed by atoms with Crippen molar-refractivity contribution < 1.29 is 13.6 Å². The second-order valence-electron chi connectivity index (χ2n) is 6.93. The van der Waals surface area contributed by atoms with E-state index in [2.05, 4.69) is 15.5 Å². The van der Waals surface area contributed by atoms with Gasteiger partial charge in [-0.1, -0.05) is 42.4 Å². The molecule has 1 aliphatic rings. The molecule has 1 aliphatic carbocycles. The van der Waals surface area contributed by atoms with Crippen molar-refractivity contribution in [1.82, 2.24) is 10.2 Å². The van der Waals surface area contributed by atoms with Gasteiger partial charge in [0.15, 0.2) is 5.09 Å². The minimum Gasteiger partial charge on any atom is -0.468 e. The Kier molecular flexibility index (Phi) is 6.67. The van der Waals surface area contributed by atoms with Crippen molar-refractivity contribution >= 4 is 40.2 Å². The van der Waals surface area contributed by atoms with Crippen molar-refractivity contribution in [2.75, 3.05) is 5.32 Å². The van der Waals surface area contributed by atoms with Crippen LogP contribution in [0.15, 0.2) is 50.0 Å². The minimum absolute atomic E-state index is 0.0543. The maximum atomic E-state index is 12.5. The van der Waals surface area contributed by atoms with Gasteiger partial charge in [0.1, 0.15) is 28.2 Å². The summed E-state index contributed by atoms with van der Waals surface area (Å²) in [5.74, 6) is 1.81. The SMILES string of the molecule is N#C/C(=C/c1ccc(SCc2ccco2)o1)C(=O)Nc1nnc(C2CCCCC2)s1. The number of amides is 1. The first kappa shape index (κ1) is 20.4. The summed E-state index contributed by atoms with van der Waals surface area (Å²) in [6, 6.07) is 9.17. The van der Waals surface area contributed by atoms with Crippen LogP contribution in [-0.4, -0.2) is 16.1 Å². The number of anilines is 1. The zero-order valence-electron chi connectivity index (χ0n) is 16.2. The van der Waals surface area contributed by atoms with Gasteiger partial charge in [-0.15, -0.1) is 10.2 Å². The first-order valence-electron chi connectivity index (χ1n) is 9.73. The summed E-state index contributed by atoms with van der Waals surface area (Å²) >= 11 is 2.86. The van der Waals surface area contributed by atoms with Crippen LogP contribution in [0.4, 0.5) is 5.13 Å². The highest BCUT2D eigenvalue weighted by Gasteiger charge is 2.21. The van der Waals surface area contributed by atoms with E-state index in [9.17, 15) is 10.1 Å². The molecule has 0 saturated heterocycles. The molecule has 0 spiro atoms. The van der Waals surface area contributed by atoms with Crippen molar-refractivity contribution in [3.05, 3.63) is 52.6 Å². The number of nitrogens with zero attached hydrogens (tertiary/aromatic N) is 3. The molecule has 0 aliphatic heterocycles. The molecular weight excluding hydrogens is 420 g/mol. The number of furan rings is 2. The average Bonchev–Trinajstić information content (AvgIpc) is 3.53. The normalized spacial score (nSPS) is 15.1. The molecule has 7 nitrogen and oxygen atoms in total. The Bertz CT molecular complexity index is 1060. The van der Waals surface area contributed by atoms with Crippen LogP contribution >= 0.6 is 23.1 Å². The summed E-state index contributed by atoms with van der Waals surface area (Å²) in [7, 11) is 0. The van der Waals surface area contributed by atoms with E-state index in [-0.39, 0.29) is 5.57 Å². The number of carbonyl (C=O) groups is 1. The molecule has 9 heteroatoms. The molecule has 4 rings (SSSR count). The molecule has 0 radical (unpaired) electrons. The Morgan fingerprint density at radius 1 is 1.30 bits per heavy atom. The third-order valence-electron chi connectivity index (χ3n) is 4.81. The van der Waals surface area contributed by atoms with Crippen molar-refractivity contribution in [3.8, 4) is 6.07 Å². The van der Waals surface area contributed by atoms with E-state index in [1.165, 1.54) is 48.4 Å². The molecule has 0 aromatic carbocycles. The van der Waals surface area contributed by atoms with E-state index in [1.54, 1.807) is 18.4 Å². The van der Waals surface area contributed by atoms with E-state index < -0.39 is 5.91 Å². The van der Waals surface area contributed by atoms with Crippen LogP contribution in [0.25, 0.3) is 6.08 Å². The molecule has 3 aromatic heterocycles. The molecule has 1 saturated carbocycles. The van der Waals surface area contributed by atoms with Gasteiger partial charge in [0.25, 0.3) is 5.91 Å². The largest absolute Gasteiger partial charge is 0.468 e. The van der Waals surface area contributed by atoms with Crippen LogP contribution in [0.5, 0.6) is 0 Å². The van der Waals surface area contributed by atoms with Crippen LogP contribution in [0, 0.1) is 11.3 Å². The molecule has 3 heterocycles. The molecule has 0 bridgehead atoms. The third kappa shape index (κ3) is 5.20. The highest BCUT2D eigenvalue weighted by molar-refractivity contribution is 7.98. The maximum Gasteiger partial charge on any atom is 0.268 e. The van der Waals surface area contributed by atoms with E-state index in [1.807, 2.05) is 18.2 Å². The van der Waals surface area contributed by atoms with Crippen LogP contribution in [-0.2, 0) is 10.5 Å². The molecule has 0 unspecified atom stereocenters. The molecular formula is C21H20N4O3S2. The van der Waals surface area contributed by atoms with E-state index >= 15 is 0 Å². The standard InChI is InChI=1S/C21H20N4O3S2/c22-12-15(11-16-8-9-18(28-16)29-13-17-7-4-10-27-17)19(26)23-21-25-24-20(30-21)14-5-2-1-3-6-14/h4,7-11,14H,1-3,5-6,13H2,(H,23,25,26)/b15-11-. The fraction of sp³-hybridized carbons (Fsp3) is 0.333. The molecule has 3 aromatic rings.